The largest absolute Gasteiger partial charge is 0.495 e. The van der Waals surface area contributed by atoms with E-state index in [1.165, 1.54) is 14.2 Å². The van der Waals surface area contributed by atoms with Gasteiger partial charge in [-0.25, -0.2) is 4.90 Å². The fraction of sp³-hybridized carbons (Fsp3) is 0.185. The standard InChI is InChI=1S/C27H26N2O5/c1-16-10-12-19(17(2)14-16)24-25(28-18-11-13-22(33-4)23(15-18)34-5)27(31)29(26(24)30)20-8-6-7-9-21(20)32-3/h6-15,28H,1-5H3. The molecular weight excluding hydrogens is 432 g/mol. The van der Waals surface area contributed by atoms with E-state index in [4.69, 9.17) is 14.2 Å². The predicted octanol–water partition coefficient (Wildman–Crippen LogP) is 4.73. The van der Waals surface area contributed by atoms with Crippen LogP contribution >= 0.6 is 0 Å². The van der Waals surface area contributed by atoms with E-state index in [-0.39, 0.29) is 5.70 Å². The lowest BCUT2D eigenvalue weighted by molar-refractivity contribution is -0.120. The van der Waals surface area contributed by atoms with Gasteiger partial charge in [0, 0.05) is 11.8 Å². The van der Waals surface area contributed by atoms with Gasteiger partial charge in [-0.05, 0) is 49.2 Å². The predicted molar refractivity (Wildman–Crippen MR) is 131 cm³/mol. The number of rotatable bonds is 7. The zero-order valence-corrected chi connectivity index (χ0v) is 19.8. The molecule has 1 aliphatic rings. The van der Waals surface area contributed by atoms with Crippen LogP contribution in [0.1, 0.15) is 16.7 Å². The van der Waals surface area contributed by atoms with E-state index in [0.717, 1.165) is 16.0 Å². The molecule has 1 N–H and O–H groups in total. The highest BCUT2D eigenvalue weighted by Crippen LogP contribution is 2.39. The summed E-state index contributed by atoms with van der Waals surface area (Å²) in [5, 5.41) is 3.17. The van der Waals surface area contributed by atoms with Crippen molar-refractivity contribution in [2.75, 3.05) is 31.5 Å². The summed E-state index contributed by atoms with van der Waals surface area (Å²) < 4.78 is 16.1. The molecule has 0 radical (unpaired) electrons. The number of nitrogens with one attached hydrogen (secondary N) is 1. The number of aryl methyl sites for hydroxylation is 2. The van der Waals surface area contributed by atoms with Gasteiger partial charge in [0.1, 0.15) is 11.4 Å². The number of imide groups is 1. The van der Waals surface area contributed by atoms with E-state index in [1.54, 1.807) is 49.6 Å². The Kier molecular flexibility index (Phi) is 6.27. The van der Waals surface area contributed by atoms with Crippen LogP contribution in [0.25, 0.3) is 5.57 Å². The van der Waals surface area contributed by atoms with Crippen molar-refractivity contribution >= 4 is 28.8 Å². The molecule has 0 atom stereocenters. The minimum absolute atomic E-state index is 0.176. The van der Waals surface area contributed by atoms with E-state index >= 15 is 0 Å². The van der Waals surface area contributed by atoms with Gasteiger partial charge in [0.2, 0.25) is 0 Å². The molecule has 3 aromatic carbocycles. The molecular formula is C27H26N2O5. The van der Waals surface area contributed by atoms with Crippen LogP contribution in [-0.4, -0.2) is 33.1 Å². The first-order valence-corrected chi connectivity index (χ1v) is 10.7. The molecule has 0 saturated carbocycles. The van der Waals surface area contributed by atoms with Crippen molar-refractivity contribution < 1.29 is 23.8 Å². The van der Waals surface area contributed by atoms with Crippen LogP contribution in [0.2, 0.25) is 0 Å². The van der Waals surface area contributed by atoms with Gasteiger partial charge in [0.15, 0.2) is 11.5 Å². The number of hydrogen-bond acceptors (Lipinski definition) is 6. The van der Waals surface area contributed by atoms with Crippen LogP contribution in [0, 0.1) is 13.8 Å². The minimum atomic E-state index is -0.473. The van der Waals surface area contributed by atoms with Gasteiger partial charge in [-0.15, -0.1) is 0 Å². The van der Waals surface area contributed by atoms with Crippen molar-refractivity contribution in [3.05, 3.63) is 83.1 Å². The summed E-state index contributed by atoms with van der Waals surface area (Å²) in [5.41, 5.74) is 4.08. The molecule has 0 saturated heterocycles. The summed E-state index contributed by atoms with van der Waals surface area (Å²) in [5.74, 6) is 0.584. The number of anilines is 2. The van der Waals surface area contributed by atoms with Crippen LogP contribution in [0.3, 0.4) is 0 Å². The second-order valence-electron chi connectivity index (χ2n) is 7.88. The Labute approximate surface area is 198 Å². The lowest BCUT2D eigenvalue weighted by Gasteiger charge is -2.18. The summed E-state index contributed by atoms with van der Waals surface area (Å²) in [6.07, 6.45) is 0. The summed E-state index contributed by atoms with van der Waals surface area (Å²) in [4.78, 5) is 28.6. The zero-order chi connectivity index (χ0) is 24.4. The summed E-state index contributed by atoms with van der Waals surface area (Å²) in [6.45, 7) is 3.91. The molecule has 0 fully saturated rings. The van der Waals surface area contributed by atoms with Crippen molar-refractivity contribution in [1.29, 1.82) is 0 Å². The highest BCUT2D eigenvalue weighted by atomic mass is 16.5. The topological polar surface area (TPSA) is 77.1 Å². The Morgan fingerprint density at radius 2 is 1.44 bits per heavy atom. The normalized spacial score (nSPS) is 13.4. The maximum Gasteiger partial charge on any atom is 0.282 e. The average molecular weight is 459 g/mol. The number of carbonyl (C=O) groups is 2. The maximum atomic E-state index is 13.8. The first-order valence-electron chi connectivity index (χ1n) is 10.7. The van der Waals surface area contributed by atoms with Crippen molar-refractivity contribution in [3.8, 4) is 17.2 Å². The van der Waals surface area contributed by atoms with Crippen molar-refractivity contribution in [2.24, 2.45) is 0 Å². The number of ether oxygens (including phenoxy) is 3. The van der Waals surface area contributed by atoms with E-state index < -0.39 is 11.8 Å². The van der Waals surface area contributed by atoms with E-state index in [0.29, 0.717) is 39.8 Å². The van der Waals surface area contributed by atoms with Gasteiger partial charge in [0.05, 0.1) is 32.6 Å². The third-order valence-electron chi connectivity index (χ3n) is 5.71. The Balaban J connectivity index is 1.87. The molecule has 2 amide bonds. The van der Waals surface area contributed by atoms with Crippen LogP contribution in [0.4, 0.5) is 11.4 Å². The molecule has 0 unspecified atom stereocenters. The first kappa shape index (κ1) is 22.9. The molecule has 1 aliphatic heterocycles. The van der Waals surface area contributed by atoms with E-state index in [9.17, 15) is 9.59 Å². The number of hydrogen-bond donors (Lipinski definition) is 1. The maximum absolute atomic E-state index is 13.8. The molecule has 7 heteroatoms. The number of nitrogens with zero attached hydrogens (tertiary/aromatic N) is 1. The number of amides is 2. The van der Waals surface area contributed by atoms with E-state index in [2.05, 4.69) is 5.32 Å². The Bertz CT molecular complexity index is 1310. The number of carbonyl (C=O) groups excluding carboxylic acids is 2. The number of benzene rings is 3. The van der Waals surface area contributed by atoms with Crippen molar-refractivity contribution in [2.45, 2.75) is 13.8 Å². The third kappa shape index (κ3) is 3.96. The van der Waals surface area contributed by atoms with Crippen LogP contribution in [-0.2, 0) is 9.59 Å². The lowest BCUT2D eigenvalue weighted by Crippen LogP contribution is -2.32. The molecule has 0 spiro atoms. The van der Waals surface area contributed by atoms with Crippen LogP contribution < -0.4 is 24.4 Å². The molecule has 7 nitrogen and oxygen atoms in total. The van der Waals surface area contributed by atoms with Gasteiger partial charge in [-0.3, -0.25) is 9.59 Å². The minimum Gasteiger partial charge on any atom is -0.495 e. The Hall–Kier alpha value is -4.26. The molecule has 1 heterocycles. The second-order valence-corrected chi connectivity index (χ2v) is 7.88. The second kappa shape index (κ2) is 9.31. The van der Waals surface area contributed by atoms with E-state index in [1.807, 2.05) is 32.0 Å². The molecule has 3 aromatic rings. The molecule has 0 aliphatic carbocycles. The quantitative estimate of drug-likeness (QED) is 0.516. The molecule has 4 rings (SSSR count). The smallest absolute Gasteiger partial charge is 0.282 e. The van der Waals surface area contributed by atoms with Gasteiger partial charge in [-0.2, -0.15) is 0 Å². The first-order chi connectivity index (χ1) is 16.4. The van der Waals surface area contributed by atoms with Crippen LogP contribution in [0.5, 0.6) is 17.2 Å². The van der Waals surface area contributed by atoms with Gasteiger partial charge >= 0.3 is 0 Å². The molecule has 0 bridgehead atoms. The average Bonchev–Trinajstić information content (AvgIpc) is 3.08. The number of para-hydroxylation sites is 2. The number of methoxy groups -OCH3 is 3. The van der Waals surface area contributed by atoms with Gasteiger partial charge < -0.3 is 19.5 Å². The van der Waals surface area contributed by atoms with Gasteiger partial charge in [0.25, 0.3) is 11.8 Å². The SMILES string of the molecule is COc1ccc(NC2=C(c3ccc(C)cc3C)C(=O)N(c3ccccc3OC)C2=O)cc1OC. The third-order valence-corrected chi connectivity index (χ3v) is 5.71. The Morgan fingerprint density at radius 1 is 0.735 bits per heavy atom. The summed E-state index contributed by atoms with van der Waals surface area (Å²) in [6, 6.07) is 17.9. The van der Waals surface area contributed by atoms with Crippen molar-refractivity contribution in [3.63, 3.8) is 0 Å². The lowest BCUT2D eigenvalue weighted by atomic mass is 9.97. The van der Waals surface area contributed by atoms with Crippen molar-refractivity contribution in [1.82, 2.24) is 0 Å². The zero-order valence-electron chi connectivity index (χ0n) is 19.8. The van der Waals surface area contributed by atoms with Gasteiger partial charge in [-0.1, -0.05) is 35.9 Å². The summed E-state index contributed by atoms with van der Waals surface area (Å²) in [7, 11) is 4.59. The highest BCUT2D eigenvalue weighted by Gasteiger charge is 2.41. The monoisotopic (exact) mass is 458 g/mol. The fourth-order valence-electron chi connectivity index (χ4n) is 4.08. The molecule has 174 valence electrons. The molecule has 34 heavy (non-hydrogen) atoms. The van der Waals surface area contributed by atoms with Crippen LogP contribution in [0.15, 0.2) is 66.4 Å². The fourth-order valence-corrected chi connectivity index (χ4v) is 4.08. The Morgan fingerprint density at radius 3 is 2.12 bits per heavy atom. The highest BCUT2D eigenvalue weighted by molar-refractivity contribution is 6.46. The summed E-state index contributed by atoms with van der Waals surface area (Å²) >= 11 is 0. The molecule has 0 aromatic heterocycles.